The SMILES string of the molecule is CCC(CSc1nc(C)c(C)o1)NC. The van der Waals surface area contributed by atoms with Gasteiger partial charge in [0.25, 0.3) is 5.22 Å². The van der Waals surface area contributed by atoms with E-state index in [1.165, 1.54) is 0 Å². The van der Waals surface area contributed by atoms with Crippen molar-refractivity contribution in [3.8, 4) is 0 Å². The number of hydrogen-bond donors (Lipinski definition) is 1. The molecule has 1 unspecified atom stereocenters. The Labute approximate surface area is 89.7 Å². The van der Waals surface area contributed by atoms with Gasteiger partial charge in [-0.1, -0.05) is 18.7 Å². The fourth-order valence-corrected chi connectivity index (χ4v) is 2.21. The largest absolute Gasteiger partial charge is 0.437 e. The minimum atomic E-state index is 0.535. The number of aromatic nitrogens is 1. The minimum Gasteiger partial charge on any atom is -0.437 e. The average Bonchev–Trinajstić information content (AvgIpc) is 2.48. The molecule has 0 amide bonds. The second kappa shape index (κ2) is 5.41. The van der Waals surface area contributed by atoms with Crippen LogP contribution in [0.4, 0.5) is 0 Å². The molecular weight excluding hydrogens is 196 g/mol. The van der Waals surface area contributed by atoms with Crippen LogP contribution in [0, 0.1) is 13.8 Å². The molecule has 80 valence electrons. The van der Waals surface area contributed by atoms with Gasteiger partial charge in [-0.2, -0.15) is 0 Å². The smallest absolute Gasteiger partial charge is 0.256 e. The lowest BCUT2D eigenvalue weighted by molar-refractivity contribution is 0.430. The van der Waals surface area contributed by atoms with E-state index in [-0.39, 0.29) is 0 Å². The summed E-state index contributed by atoms with van der Waals surface area (Å²) in [5.74, 6) is 1.93. The quantitative estimate of drug-likeness (QED) is 0.764. The molecule has 0 spiro atoms. The van der Waals surface area contributed by atoms with E-state index >= 15 is 0 Å². The standard InChI is InChI=1S/C10H18N2OS/c1-5-9(11-4)6-14-10-12-7(2)8(3)13-10/h9,11H,5-6H2,1-4H3. The third-order valence-electron chi connectivity index (χ3n) is 2.32. The van der Waals surface area contributed by atoms with Crippen LogP contribution in [-0.2, 0) is 0 Å². The zero-order valence-corrected chi connectivity index (χ0v) is 10.1. The Kier molecular flexibility index (Phi) is 4.48. The minimum absolute atomic E-state index is 0.535. The first-order valence-corrected chi connectivity index (χ1v) is 5.90. The summed E-state index contributed by atoms with van der Waals surface area (Å²) in [7, 11) is 1.99. The lowest BCUT2D eigenvalue weighted by atomic mass is 10.3. The Bertz CT molecular complexity index is 262. The normalized spacial score (nSPS) is 13.1. The number of rotatable bonds is 5. The number of hydrogen-bond acceptors (Lipinski definition) is 4. The molecule has 1 atom stereocenters. The van der Waals surface area contributed by atoms with Crippen LogP contribution in [0.5, 0.6) is 0 Å². The monoisotopic (exact) mass is 214 g/mol. The average molecular weight is 214 g/mol. The van der Waals surface area contributed by atoms with Gasteiger partial charge in [-0.3, -0.25) is 0 Å². The third-order valence-corrected chi connectivity index (χ3v) is 3.31. The van der Waals surface area contributed by atoms with Crippen LogP contribution in [0.3, 0.4) is 0 Å². The van der Waals surface area contributed by atoms with Crippen LogP contribution in [-0.4, -0.2) is 23.8 Å². The predicted octanol–water partition coefficient (Wildman–Crippen LogP) is 2.38. The molecule has 1 aromatic heterocycles. The first-order chi connectivity index (χ1) is 6.67. The number of oxazole rings is 1. The number of nitrogens with zero attached hydrogens (tertiary/aromatic N) is 1. The van der Waals surface area contributed by atoms with Crippen molar-refractivity contribution in [1.29, 1.82) is 0 Å². The summed E-state index contributed by atoms with van der Waals surface area (Å²) in [5, 5.41) is 4.04. The summed E-state index contributed by atoms with van der Waals surface area (Å²) in [6, 6.07) is 0.535. The highest BCUT2D eigenvalue weighted by Crippen LogP contribution is 2.21. The van der Waals surface area contributed by atoms with Crippen molar-refractivity contribution in [3.05, 3.63) is 11.5 Å². The molecule has 0 aliphatic heterocycles. The van der Waals surface area contributed by atoms with Crippen molar-refractivity contribution in [1.82, 2.24) is 10.3 Å². The van der Waals surface area contributed by atoms with E-state index in [9.17, 15) is 0 Å². The molecule has 1 N–H and O–H groups in total. The van der Waals surface area contributed by atoms with Gasteiger partial charge in [0.15, 0.2) is 0 Å². The molecule has 0 aromatic carbocycles. The predicted molar refractivity (Wildman–Crippen MR) is 59.8 cm³/mol. The molecule has 1 heterocycles. The maximum Gasteiger partial charge on any atom is 0.256 e. The Morgan fingerprint density at radius 2 is 2.21 bits per heavy atom. The maximum atomic E-state index is 5.48. The van der Waals surface area contributed by atoms with Crippen LogP contribution in [0.15, 0.2) is 9.64 Å². The van der Waals surface area contributed by atoms with Crippen LogP contribution < -0.4 is 5.32 Å². The van der Waals surface area contributed by atoms with Gasteiger partial charge in [0.1, 0.15) is 5.76 Å². The Balaban J connectivity index is 2.45. The molecule has 1 rings (SSSR count). The highest BCUT2D eigenvalue weighted by atomic mass is 32.2. The fourth-order valence-electron chi connectivity index (χ4n) is 1.08. The second-order valence-electron chi connectivity index (χ2n) is 3.33. The van der Waals surface area contributed by atoms with Gasteiger partial charge in [0.2, 0.25) is 0 Å². The van der Waals surface area contributed by atoms with Gasteiger partial charge in [0, 0.05) is 11.8 Å². The van der Waals surface area contributed by atoms with Gasteiger partial charge in [-0.05, 0) is 27.3 Å². The molecule has 0 aliphatic carbocycles. The molecule has 4 heteroatoms. The molecule has 0 fully saturated rings. The van der Waals surface area contributed by atoms with Crippen molar-refractivity contribution in [2.75, 3.05) is 12.8 Å². The molecule has 0 radical (unpaired) electrons. The van der Waals surface area contributed by atoms with E-state index in [0.717, 1.165) is 28.9 Å². The topological polar surface area (TPSA) is 38.1 Å². The van der Waals surface area contributed by atoms with E-state index < -0.39 is 0 Å². The molecule has 14 heavy (non-hydrogen) atoms. The van der Waals surface area contributed by atoms with Crippen LogP contribution in [0.1, 0.15) is 24.8 Å². The Morgan fingerprint density at radius 1 is 1.50 bits per heavy atom. The van der Waals surface area contributed by atoms with Gasteiger partial charge in [-0.15, -0.1) is 0 Å². The molecule has 0 saturated carbocycles. The number of aryl methyl sites for hydroxylation is 2. The van der Waals surface area contributed by atoms with Crippen molar-refractivity contribution >= 4 is 11.8 Å². The van der Waals surface area contributed by atoms with Crippen LogP contribution in [0.2, 0.25) is 0 Å². The van der Waals surface area contributed by atoms with Crippen molar-refractivity contribution in [2.24, 2.45) is 0 Å². The summed E-state index contributed by atoms with van der Waals surface area (Å²) in [6.07, 6.45) is 1.13. The fraction of sp³-hybridized carbons (Fsp3) is 0.700. The molecule has 3 nitrogen and oxygen atoms in total. The Hall–Kier alpha value is -0.480. The van der Waals surface area contributed by atoms with E-state index in [1.54, 1.807) is 11.8 Å². The van der Waals surface area contributed by atoms with Crippen molar-refractivity contribution in [3.63, 3.8) is 0 Å². The molecule has 1 aromatic rings. The van der Waals surface area contributed by atoms with E-state index in [0.29, 0.717) is 6.04 Å². The maximum absolute atomic E-state index is 5.48. The molecule has 0 bridgehead atoms. The highest BCUT2D eigenvalue weighted by molar-refractivity contribution is 7.99. The number of nitrogens with one attached hydrogen (secondary N) is 1. The van der Waals surface area contributed by atoms with Gasteiger partial charge in [0.05, 0.1) is 5.69 Å². The van der Waals surface area contributed by atoms with Crippen LogP contribution >= 0.6 is 11.8 Å². The first-order valence-electron chi connectivity index (χ1n) is 4.91. The van der Waals surface area contributed by atoms with Crippen molar-refractivity contribution < 1.29 is 4.42 Å². The molecular formula is C10H18N2OS. The zero-order chi connectivity index (χ0) is 10.6. The third kappa shape index (κ3) is 3.03. The zero-order valence-electron chi connectivity index (χ0n) is 9.26. The molecule has 0 aliphatic rings. The van der Waals surface area contributed by atoms with Crippen LogP contribution in [0.25, 0.3) is 0 Å². The number of thioether (sulfide) groups is 1. The summed E-state index contributed by atoms with van der Waals surface area (Å²) in [6.45, 7) is 6.09. The summed E-state index contributed by atoms with van der Waals surface area (Å²) >= 11 is 1.67. The highest BCUT2D eigenvalue weighted by Gasteiger charge is 2.09. The summed E-state index contributed by atoms with van der Waals surface area (Å²) < 4.78 is 5.48. The lowest BCUT2D eigenvalue weighted by Gasteiger charge is -2.10. The van der Waals surface area contributed by atoms with Gasteiger partial charge >= 0.3 is 0 Å². The van der Waals surface area contributed by atoms with Crippen molar-refractivity contribution in [2.45, 2.75) is 38.5 Å². The van der Waals surface area contributed by atoms with E-state index in [2.05, 4.69) is 17.2 Å². The first kappa shape index (κ1) is 11.6. The molecule has 0 saturated heterocycles. The van der Waals surface area contributed by atoms with Gasteiger partial charge in [-0.25, -0.2) is 4.98 Å². The summed E-state index contributed by atoms with van der Waals surface area (Å²) in [5.41, 5.74) is 0.991. The second-order valence-corrected chi connectivity index (χ2v) is 4.30. The van der Waals surface area contributed by atoms with E-state index in [4.69, 9.17) is 4.42 Å². The van der Waals surface area contributed by atoms with E-state index in [1.807, 2.05) is 20.9 Å². The summed E-state index contributed by atoms with van der Waals surface area (Å²) in [4.78, 5) is 4.32. The van der Waals surface area contributed by atoms with Gasteiger partial charge < -0.3 is 9.73 Å². The Morgan fingerprint density at radius 3 is 2.64 bits per heavy atom. The lowest BCUT2D eigenvalue weighted by Crippen LogP contribution is -2.26.